The predicted octanol–water partition coefficient (Wildman–Crippen LogP) is -0.184. The Morgan fingerprint density at radius 3 is 2.73 bits per heavy atom. The Labute approximate surface area is 86.9 Å². The molecule has 2 rings (SSSR count). The molecular formula is C10H11N3O2. The fourth-order valence-corrected chi connectivity index (χ4v) is 1.50. The molecular weight excluding hydrogens is 194 g/mol. The fraction of sp³-hybridized carbons (Fsp3) is 0.300. The van der Waals surface area contributed by atoms with Crippen molar-refractivity contribution in [1.82, 2.24) is 4.98 Å². The van der Waals surface area contributed by atoms with Crippen LogP contribution in [-0.4, -0.2) is 30.3 Å². The van der Waals surface area contributed by atoms with E-state index in [2.05, 4.69) is 4.98 Å². The van der Waals surface area contributed by atoms with Gasteiger partial charge < -0.3 is 10.6 Å². The molecule has 1 fully saturated rings. The first-order valence-corrected chi connectivity index (χ1v) is 4.66. The molecule has 1 aromatic heterocycles. The Bertz CT molecular complexity index is 382. The molecule has 0 saturated carbocycles. The number of rotatable bonds is 3. The number of hydrogen-bond acceptors (Lipinski definition) is 4. The molecule has 2 heterocycles. The summed E-state index contributed by atoms with van der Waals surface area (Å²) < 4.78 is 0. The third-order valence-electron chi connectivity index (χ3n) is 2.51. The second-order valence-corrected chi connectivity index (χ2v) is 3.57. The lowest BCUT2D eigenvalue weighted by Crippen LogP contribution is -2.52. The minimum absolute atomic E-state index is 0.0717. The number of carbonyl (C=O) groups excluding carboxylic acids is 2. The maximum absolute atomic E-state index is 10.8. The number of nitrogens with zero attached hydrogens (tertiary/aromatic N) is 2. The van der Waals surface area contributed by atoms with E-state index in [1.165, 1.54) is 6.20 Å². The number of anilines is 1. The van der Waals surface area contributed by atoms with Crippen molar-refractivity contribution in [2.24, 2.45) is 11.7 Å². The van der Waals surface area contributed by atoms with Crippen molar-refractivity contribution < 1.29 is 9.59 Å². The molecule has 5 heteroatoms. The van der Waals surface area contributed by atoms with Crippen LogP contribution in [0.4, 0.5) is 5.82 Å². The van der Waals surface area contributed by atoms with Gasteiger partial charge in [0.05, 0.1) is 5.92 Å². The van der Waals surface area contributed by atoms with E-state index in [0.717, 1.165) is 12.1 Å². The first-order valence-electron chi connectivity index (χ1n) is 4.66. The zero-order valence-corrected chi connectivity index (χ0v) is 8.09. The first-order chi connectivity index (χ1) is 7.20. The Hall–Kier alpha value is -1.91. The van der Waals surface area contributed by atoms with E-state index >= 15 is 0 Å². The van der Waals surface area contributed by atoms with Crippen molar-refractivity contribution in [3.05, 3.63) is 23.9 Å². The number of nitrogens with two attached hydrogens (primary N) is 1. The molecule has 5 nitrogen and oxygen atoms in total. The number of pyridine rings is 1. The molecule has 0 spiro atoms. The van der Waals surface area contributed by atoms with Crippen molar-refractivity contribution in [2.75, 3.05) is 18.0 Å². The summed E-state index contributed by atoms with van der Waals surface area (Å²) >= 11 is 0. The molecule has 1 aliphatic rings. The Morgan fingerprint density at radius 1 is 1.53 bits per heavy atom. The number of primary amides is 1. The molecule has 0 unspecified atom stereocenters. The molecule has 1 aliphatic heterocycles. The van der Waals surface area contributed by atoms with E-state index in [1.807, 2.05) is 4.90 Å². The van der Waals surface area contributed by atoms with Crippen LogP contribution in [0.5, 0.6) is 0 Å². The molecule has 0 aromatic carbocycles. The maximum Gasteiger partial charge on any atom is 0.224 e. The average Bonchev–Trinajstić information content (AvgIpc) is 2.16. The average molecular weight is 205 g/mol. The van der Waals surface area contributed by atoms with Gasteiger partial charge in [0.1, 0.15) is 5.82 Å². The zero-order chi connectivity index (χ0) is 10.8. The SMILES string of the molecule is NC(=O)C1CN(c2ccc(C=O)cn2)C1. The summed E-state index contributed by atoms with van der Waals surface area (Å²) in [6.07, 6.45) is 2.26. The lowest BCUT2D eigenvalue weighted by Gasteiger charge is -2.38. The summed E-state index contributed by atoms with van der Waals surface area (Å²) in [6, 6.07) is 3.47. The van der Waals surface area contributed by atoms with Crippen molar-refractivity contribution >= 4 is 18.0 Å². The lowest BCUT2D eigenvalue weighted by molar-refractivity contribution is -0.122. The summed E-state index contributed by atoms with van der Waals surface area (Å²) in [6.45, 7) is 1.23. The minimum Gasteiger partial charge on any atom is -0.369 e. The molecule has 0 radical (unpaired) electrons. The van der Waals surface area contributed by atoms with Crippen LogP contribution in [0.2, 0.25) is 0 Å². The van der Waals surface area contributed by atoms with Crippen molar-refractivity contribution in [2.45, 2.75) is 0 Å². The first kappa shape index (κ1) is 9.64. The Morgan fingerprint density at radius 2 is 2.27 bits per heavy atom. The van der Waals surface area contributed by atoms with Crippen molar-refractivity contribution in [3.63, 3.8) is 0 Å². The van der Waals surface area contributed by atoms with Crippen LogP contribution in [0, 0.1) is 5.92 Å². The zero-order valence-electron chi connectivity index (χ0n) is 8.09. The van der Waals surface area contributed by atoms with Crippen LogP contribution in [0.3, 0.4) is 0 Å². The van der Waals surface area contributed by atoms with Gasteiger partial charge in [-0.3, -0.25) is 9.59 Å². The third-order valence-corrected chi connectivity index (χ3v) is 2.51. The fourth-order valence-electron chi connectivity index (χ4n) is 1.50. The van der Waals surface area contributed by atoms with Gasteiger partial charge in [-0.15, -0.1) is 0 Å². The number of hydrogen-bond donors (Lipinski definition) is 1. The standard InChI is InChI=1S/C10H11N3O2/c11-10(15)8-4-13(5-8)9-2-1-7(6-14)3-12-9/h1-3,6,8H,4-5H2,(H2,11,15). The molecule has 78 valence electrons. The van der Waals surface area contributed by atoms with E-state index in [1.54, 1.807) is 12.1 Å². The molecule has 15 heavy (non-hydrogen) atoms. The smallest absolute Gasteiger partial charge is 0.224 e. The van der Waals surface area contributed by atoms with E-state index < -0.39 is 0 Å². The maximum atomic E-state index is 10.8. The third kappa shape index (κ3) is 1.81. The molecule has 2 N–H and O–H groups in total. The van der Waals surface area contributed by atoms with Crippen LogP contribution in [-0.2, 0) is 4.79 Å². The van der Waals surface area contributed by atoms with Crippen LogP contribution < -0.4 is 10.6 Å². The molecule has 0 atom stereocenters. The number of carbonyl (C=O) groups is 2. The van der Waals surface area contributed by atoms with Gasteiger partial charge in [-0.2, -0.15) is 0 Å². The van der Waals surface area contributed by atoms with Gasteiger partial charge in [0.15, 0.2) is 6.29 Å². The number of aromatic nitrogens is 1. The van der Waals surface area contributed by atoms with E-state index in [4.69, 9.17) is 5.73 Å². The monoisotopic (exact) mass is 205 g/mol. The van der Waals surface area contributed by atoms with Gasteiger partial charge in [-0.05, 0) is 12.1 Å². The topological polar surface area (TPSA) is 76.3 Å². The highest BCUT2D eigenvalue weighted by Gasteiger charge is 2.31. The number of aldehydes is 1. The summed E-state index contributed by atoms with van der Waals surface area (Å²) in [5.41, 5.74) is 5.70. The van der Waals surface area contributed by atoms with Gasteiger partial charge in [-0.25, -0.2) is 4.98 Å². The second-order valence-electron chi connectivity index (χ2n) is 3.57. The summed E-state index contributed by atoms with van der Waals surface area (Å²) in [7, 11) is 0. The summed E-state index contributed by atoms with van der Waals surface area (Å²) in [5.74, 6) is 0.436. The Balaban J connectivity index is 2.01. The quantitative estimate of drug-likeness (QED) is 0.694. The van der Waals surface area contributed by atoms with E-state index in [9.17, 15) is 9.59 Å². The van der Waals surface area contributed by atoms with E-state index in [-0.39, 0.29) is 11.8 Å². The van der Waals surface area contributed by atoms with Gasteiger partial charge in [0.2, 0.25) is 5.91 Å². The normalized spacial score (nSPS) is 15.9. The summed E-state index contributed by atoms with van der Waals surface area (Å²) in [4.78, 5) is 27.2. The second kappa shape index (κ2) is 3.68. The van der Waals surface area contributed by atoms with Gasteiger partial charge in [-0.1, -0.05) is 0 Å². The van der Waals surface area contributed by atoms with E-state index in [0.29, 0.717) is 18.7 Å². The molecule has 1 saturated heterocycles. The molecule has 1 amide bonds. The number of amides is 1. The van der Waals surface area contributed by atoms with Crippen LogP contribution >= 0.6 is 0 Å². The highest BCUT2D eigenvalue weighted by molar-refractivity contribution is 5.80. The van der Waals surface area contributed by atoms with Gasteiger partial charge in [0, 0.05) is 24.8 Å². The van der Waals surface area contributed by atoms with Crippen LogP contribution in [0.1, 0.15) is 10.4 Å². The van der Waals surface area contributed by atoms with Crippen LogP contribution in [0.15, 0.2) is 18.3 Å². The van der Waals surface area contributed by atoms with Crippen molar-refractivity contribution in [1.29, 1.82) is 0 Å². The molecule has 0 aliphatic carbocycles. The predicted molar refractivity (Wildman–Crippen MR) is 54.5 cm³/mol. The van der Waals surface area contributed by atoms with Crippen molar-refractivity contribution in [3.8, 4) is 0 Å². The van der Waals surface area contributed by atoms with Gasteiger partial charge in [0.25, 0.3) is 0 Å². The van der Waals surface area contributed by atoms with Crippen LogP contribution in [0.25, 0.3) is 0 Å². The highest BCUT2D eigenvalue weighted by atomic mass is 16.1. The van der Waals surface area contributed by atoms with Gasteiger partial charge >= 0.3 is 0 Å². The largest absolute Gasteiger partial charge is 0.369 e. The minimum atomic E-state index is -0.268. The molecule has 1 aromatic rings. The molecule has 0 bridgehead atoms. The lowest BCUT2D eigenvalue weighted by atomic mass is 10.00. The Kier molecular flexibility index (Phi) is 2.37. The summed E-state index contributed by atoms with van der Waals surface area (Å²) in [5, 5.41) is 0. The highest BCUT2D eigenvalue weighted by Crippen LogP contribution is 2.21.